The predicted octanol–water partition coefficient (Wildman–Crippen LogP) is 1.96. The molecule has 0 saturated heterocycles. The molecule has 0 saturated carbocycles. The summed E-state index contributed by atoms with van der Waals surface area (Å²) in [7, 11) is 3.70. The van der Waals surface area contributed by atoms with Gasteiger partial charge in [0, 0.05) is 52.3 Å². The number of unbranched alkanes of at least 4 members (excludes halogenated alkanes) is 2. The molecule has 5 heteroatoms. The quantitative estimate of drug-likeness (QED) is 0.410. The van der Waals surface area contributed by atoms with E-state index in [0.717, 1.165) is 19.6 Å². The van der Waals surface area contributed by atoms with Gasteiger partial charge < -0.3 is 20.3 Å². The number of rotatable bonds is 10. The summed E-state index contributed by atoms with van der Waals surface area (Å²) in [4.78, 5) is 0. The van der Waals surface area contributed by atoms with E-state index < -0.39 is 0 Å². The summed E-state index contributed by atoms with van der Waals surface area (Å²) in [5, 5.41) is 20.5. The fraction of sp³-hybridized carbons (Fsp3) is 0.867. The van der Waals surface area contributed by atoms with Crippen molar-refractivity contribution in [2.24, 2.45) is 5.92 Å². The summed E-state index contributed by atoms with van der Waals surface area (Å²) >= 11 is 0. The molecule has 0 aliphatic rings. The van der Waals surface area contributed by atoms with Crippen LogP contribution in [0.4, 0.5) is 0 Å². The van der Waals surface area contributed by atoms with Crippen molar-refractivity contribution in [2.45, 2.75) is 45.6 Å². The van der Waals surface area contributed by atoms with E-state index in [1.165, 1.54) is 19.3 Å². The Morgan fingerprint density at radius 3 is 2.25 bits per heavy atom. The van der Waals surface area contributed by atoms with E-state index in [4.69, 9.17) is 14.9 Å². The molecule has 0 aromatic heterocycles. The zero-order valence-electron chi connectivity index (χ0n) is 13.6. The number of nitrogens with one attached hydrogen (secondary N) is 1. The third-order valence-corrected chi connectivity index (χ3v) is 2.92. The first kappa shape index (κ1) is 25.6. The Balaban J connectivity index is -0.000000288. The smallest absolute Gasteiger partial charge is 0.0643 e. The second-order valence-corrected chi connectivity index (χ2v) is 4.62. The van der Waals surface area contributed by atoms with E-state index in [9.17, 15) is 0 Å². The largest absolute Gasteiger partial charge is 0.396 e. The molecule has 0 fully saturated rings. The molecular formula is C15H33NO3Y. The van der Waals surface area contributed by atoms with Crippen LogP contribution in [-0.2, 0) is 37.4 Å². The summed E-state index contributed by atoms with van der Waals surface area (Å²) in [6, 6.07) is 0. The van der Waals surface area contributed by atoms with Crippen molar-refractivity contribution in [1.82, 2.24) is 5.32 Å². The minimum Gasteiger partial charge on any atom is -0.396 e. The van der Waals surface area contributed by atoms with Crippen molar-refractivity contribution in [3.8, 4) is 0 Å². The normalized spacial score (nSPS) is 13.3. The van der Waals surface area contributed by atoms with Crippen molar-refractivity contribution in [3.05, 3.63) is 12.2 Å². The topological polar surface area (TPSA) is 61.7 Å². The van der Waals surface area contributed by atoms with Gasteiger partial charge >= 0.3 is 0 Å². The first-order valence-corrected chi connectivity index (χ1v) is 7.21. The van der Waals surface area contributed by atoms with Crippen LogP contribution >= 0.6 is 0 Å². The van der Waals surface area contributed by atoms with E-state index in [2.05, 4.69) is 17.5 Å². The van der Waals surface area contributed by atoms with Gasteiger partial charge in [0.2, 0.25) is 0 Å². The molecule has 4 nitrogen and oxygen atoms in total. The Morgan fingerprint density at radius 1 is 1.25 bits per heavy atom. The number of hydrogen-bond acceptors (Lipinski definition) is 4. The van der Waals surface area contributed by atoms with Crippen LogP contribution in [0.2, 0.25) is 0 Å². The Hall–Kier alpha value is 0.684. The predicted molar refractivity (Wildman–Crippen MR) is 81.3 cm³/mol. The van der Waals surface area contributed by atoms with E-state index in [-0.39, 0.29) is 51.3 Å². The van der Waals surface area contributed by atoms with Gasteiger partial charge in [0.05, 0.1) is 12.7 Å². The summed E-state index contributed by atoms with van der Waals surface area (Å²) in [6.07, 6.45) is 8.41. The minimum atomic E-state index is -0.370. The molecule has 0 aliphatic carbocycles. The van der Waals surface area contributed by atoms with Gasteiger partial charge in [-0.05, 0) is 46.2 Å². The molecule has 0 aromatic rings. The second kappa shape index (κ2) is 22.0. The minimum absolute atomic E-state index is 0. The number of ether oxygens (including phenoxy) is 1. The number of aliphatic hydroxyl groups excluding tert-OH is 2. The van der Waals surface area contributed by atoms with Gasteiger partial charge in [-0.25, -0.2) is 0 Å². The molecule has 0 bridgehead atoms. The fourth-order valence-corrected chi connectivity index (χ4v) is 1.47. The summed E-state index contributed by atoms with van der Waals surface area (Å²) in [5.41, 5.74) is 0. The van der Waals surface area contributed by atoms with Gasteiger partial charge in [-0.3, -0.25) is 0 Å². The van der Waals surface area contributed by atoms with Gasteiger partial charge in [0.25, 0.3) is 0 Å². The van der Waals surface area contributed by atoms with E-state index >= 15 is 0 Å². The van der Waals surface area contributed by atoms with Crippen molar-refractivity contribution >= 4 is 0 Å². The molecule has 0 amide bonds. The van der Waals surface area contributed by atoms with Crippen LogP contribution in [0.1, 0.15) is 39.5 Å². The Kier molecular flexibility index (Phi) is 28.2. The number of hydrogen-bond donors (Lipinski definition) is 3. The third kappa shape index (κ3) is 21.0. The summed E-state index contributed by atoms with van der Waals surface area (Å²) < 4.78 is 4.87. The average molecular weight is 364 g/mol. The summed E-state index contributed by atoms with van der Waals surface area (Å²) in [5.74, 6) is 0.0648. The third-order valence-electron chi connectivity index (χ3n) is 2.92. The molecule has 20 heavy (non-hydrogen) atoms. The fourth-order valence-electron chi connectivity index (χ4n) is 1.47. The zero-order valence-corrected chi connectivity index (χ0v) is 16.5. The molecular weight excluding hydrogens is 331 g/mol. The van der Waals surface area contributed by atoms with E-state index in [1.54, 1.807) is 14.0 Å². The molecule has 2 atom stereocenters. The van der Waals surface area contributed by atoms with Crippen LogP contribution in [0.3, 0.4) is 0 Å². The van der Waals surface area contributed by atoms with Crippen LogP contribution < -0.4 is 5.32 Å². The van der Waals surface area contributed by atoms with Crippen molar-refractivity contribution < 1.29 is 47.7 Å². The molecule has 1 radical (unpaired) electrons. The maximum atomic E-state index is 8.85. The first-order chi connectivity index (χ1) is 9.13. The van der Waals surface area contributed by atoms with E-state index in [1.807, 2.05) is 14.0 Å². The van der Waals surface area contributed by atoms with Gasteiger partial charge in [0.15, 0.2) is 0 Å². The van der Waals surface area contributed by atoms with Crippen LogP contribution in [0.5, 0.6) is 0 Å². The van der Waals surface area contributed by atoms with Crippen LogP contribution in [0.15, 0.2) is 12.2 Å². The van der Waals surface area contributed by atoms with Crippen molar-refractivity contribution in [1.29, 1.82) is 0 Å². The van der Waals surface area contributed by atoms with Crippen LogP contribution in [0, 0.1) is 5.92 Å². The molecule has 2 unspecified atom stereocenters. The standard InChI is InChI=1S/C9H19NO.C6H14O2.Y/c1-10-8-6-4-3-5-7-9-11-2;1-3-6(4-7)5(2)8;/h5,7,10H,3-4,6,8-9H2,1-2H3;5-8H,3-4H2,1-2H3;/b7-5+;;. The molecule has 119 valence electrons. The molecule has 0 aliphatic heterocycles. The maximum Gasteiger partial charge on any atom is 0.0643 e. The number of methoxy groups -OCH3 is 1. The SMILES string of the molecule is CCC(CO)C(C)O.CNCCCC/C=C/COC.[Y]. The molecule has 0 heterocycles. The maximum absolute atomic E-state index is 8.85. The average Bonchev–Trinajstić information content (AvgIpc) is 2.39. The molecule has 0 spiro atoms. The van der Waals surface area contributed by atoms with Gasteiger partial charge in [0.1, 0.15) is 0 Å². The summed E-state index contributed by atoms with van der Waals surface area (Å²) in [6.45, 7) is 5.61. The van der Waals surface area contributed by atoms with Crippen molar-refractivity contribution in [2.75, 3.05) is 33.9 Å². The van der Waals surface area contributed by atoms with Gasteiger partial charge in [-0.1, -0.05) is 19.1 Å². The molecule has 0 rings (SSSR count). The number of allylic oxidation sites excluding steroid dienone is 1. The first-order valence-electron chi connectivity index (χ1n) is 7.21. The van der Waals surface area contributed by atoms with Crippen LogP contribution in [-0.4, -0.2) is 50.2 Å². The van der Waals surface area contributed by atoms with E-state index in [0.29, 0.717) is 0 Å². The Morgan fingerprint density at radius 2 is 1.90 bits per heavy atom. The second-order valence-electron chi connectivity index (χ2n) is 4.62. The zero-order chi connectivity index (χ0) is 14.9. The number of aliphatic hydroxyl groups is 2. The molecule has 3 N–H and O–H groups in total. The van der Waals surface area contributed by atoms with Gasteiger partial charge in [-0.2, -0.15) is 0 Å². The van der Waals surface area contributed by atoms with Crippen LogP contribution in [0.25, 0.3) is 0 Å². The Bertz CT molecular complexity index is 186. The monoisotopic (exact) mass is 364 g/mol. The molecule has 0 aromatic carbocycles. The van der Waals surface area contributed by atoms with Gasteiger partial charge in [-0.15, -0.1) is 0 Å². The Labute approximate surface area is 150 Å². The van der Waals surface area contributed by atoms with Crippen molar-refractivity contribution in [3.63, 3.8) is 0 Å².